The Hall–Kier alpha value is 0.177. The van der Waals surface area contributed by atoms with Crippen molar-refractivity contribution in [2.24, 2.45) is 0 Å². The Labute approximate surface area is 142 Å². The van der Waals surface area contributed by atoms with Gasteiger partial charge in [-0.15, -0.1) is 0 Å². The Balaban J connectivity index is 3.96. The van der Waals surface area contributed by atoms with Gasteiger partial charge in [-0.3, -0.25) is 0 Å². The maximum Gasteiger partial charge on any atom is 0.192 e. The fraction of sp³-hybridized carbons (Fsp3) is 1.00. The van der Waals surface area contributed by atoms with E-state index in [1.54, 1.807) is 0 Å². The maximum atomic E-state index is 6.64. The molecular weight excluding hydrogens is 284 g/mol. The van der Waals surface area contributed by atoms with Gasteiger partial charge in [0.2, 0.25) is 0 Å². The molecule has 0 saturated carbocycles. The van der Waals surface area contributed by atoms with Gasteiger partial charge in [0.15, 0.2) is 8.32 Å². The fourth-order valence-corrected chi connectivity index (χ4v) is 4.11. The van der Waals surface area contributed by atoms with Crippen LogP contribution in [0.2, 0.25) is 18.1 Å². The molecule has 22 heavy (non-hydrogen) atoms. The topological polar surface area (TPSA) is 9.23 Å². The molecule has 0 aromatic heterocycles. The summed E-state index contributed by atoms with van der Waals surface area (Å²) in [6, 6.07) is 0. The van der Waals surface area contributed by atoms with E-state index in [1.807, 2.05) is 0 Å². The molecule has 0 heterocycles. The van der Waals surface area contributed by atoms with Crippen molar-refractivity contribution in [3.8, 4) is 0 Å². The van der Waals surface area contributed by atoms with Crippen LogP contribution in [0.5, 0.6) is 0 Å². The van der Waals surface area contributed by atoms with Gasteiger partial charge in [-0.2, -0.15) is 0 Å². The maximum absolute atomic E-state index is 6.64. The van der Waals surface area contributed by atoms with Crippen molar-refractivity contribution in [1.29, 1.82) is 0 Å². The molecule has 0 saturated heterocycles. The lowest BCUT2D eigenvalue weighted by atomic mass is 10.0. The van der Waals surface area contributed by atoms with Crippen LogP contribution >= 0.6 is 0 Å². The first-order valence-corrected chi connectivity index (χ1v) is 12.8. The van der Waals surface area contributed by atoms with Gasteiger partial charge in [-0.1, -0.05) is 92.4 Å². The predicted octanol–water partition coefficient (Wildman–Crippen LogP) is 7.71. The number of rotatable bonds is 13. The largest absolute Gasteiger partial charge is 0.414 e. The molecule has 0 N–H and O–H groups in total. The first-order chi connectivity index (χ1) is 10.2. The van der Waals surface area contributed by atoms with E-state index in [0.717, 1.165) is 0 Å². The number of unbranched alkanes of at least 4 members (excludes halogenated alkanes) is 7. The lowest BCUT2D eigenvalue weighted by Crippen LogP contribution is -2.43. The third-order valence-electron chi connectivity index (χ3n) is 5.26. The second kappa shape index (κ2) is 11.7. The Morgan fingerprint density at radius 1 is 0.727 bits per heavy atom. The van der Waals surface area contributed by atoms with E-state index in [9.17, 15) is 0 Å². The van der Waals surface area contributed by atoms with E-state index < -0.39 is 8.32 Å². The van der Waals surface area contributed by atoms with Crippen molar-refractivity contribution < 1.29 is 4.43 Å². The van der Waals surface area contributed by atoms with E-state index in [-0.39, 0.29) is 0 Å². The quantitative estimate of drug-likeness (QED) is 0.248. The first kappa shape index (κ1) is 22.2. The zero-order chi connectivity index (χ0) is 17.1. The molecule has 0 radical (unpaired) electrons. The fourth-order valence-electron chi connectivity index (χ4n) is 2.68. The monoisotopic (exact) mass is 328 g/mol. The molecule has 0 fully saturated rings. The molecule has 0 amide bonds. The molecule has 134 valence electrons. The minimum Gasteiger partial charge on any atom is -0.414 e. The highest BCUT2D eigenvalue weighted by Crippen LogP contribution is 2.38. The van der Waals surface area contributed by atoms with Gasteiger partial charge in [-0.25, -0.2) is 0 Å². The summed E-state index contributed by atoms with van der Waals surface area (Å²) in [5.74, 6) is 0. The highest BCUT2D eigenvalue weighted by Gasteiger charge is 2.38. The Morgan fingerprint density at radius 3 is 1.68 bits per heavy atom. The van der Waals surface area contributed by atoms with Gasteiger partial charge in [-0.05, 0) is 31.0 Å². The second-order valence-electron chi connectivity index (χ2n) is 8.55. The van der Waals surface area contributed by atoms with Crippen LogP contribution < -0.4 is 0 Å². The van der Waals surface area contributed by atoms with Gasteiger partial charge in [0.25, 0.3) is 0 Å². The van der Waals surface area contributed by atoms with E-state index in [2.05, 4.69) is 47.7 Å². The van der Waals surface area contributed by atoms with Gasteiger partial charge in [0.05, 0.1) is 0 Å². The first-order valence-electron chi connectivity index (χ1n) is 9.92. The summed E-state index contributed by atoms with van der Waals surface area (Å²) in [6.45, 7) is 16.4. The number of hydrogen-bond acceptors (Lipinski definition) is 1. The van der Waals surface area contributed by atoms with Gasteiger partial charge in [0.1, 0.15) is 0 Å². The summed E-state index contributed by atoms with van der Waals surface area (Å²) in [4.78, 5) is 0. The molecular formula is C20H44OSi. The molecule has 0 spiro atoms. The van der Waals surface area contributed by atoms with Crippen LogP contribution in [-0.2, 0) is 4.43 Å². The van der Waals surface area contributed by atoms with Gasteiger partial charge in [0, 0.05) is 6.10 Å². The second-order valence-corrected chi connectivity index (χ2v) is 13.3. The highest BCUT2D eigenvalue weighted by molar-refractivity contribution is 6.74. The summed E-state index contributed by atoms with van der Waals surface area (Å²) in [6.07, 6.45) is 15.5. The minimum absolute atomic E-state index is 0.332. The van der Waals surface area contributed by atoms with Crippen LogP contribution in [0, 0.1) is 0 Å². The van der Waals surface area contributed by atoms with Crippen molar-refractivity contribution in [3.05, 3.63) is 0 Å². The summed E-state index contributed by atoms with van der Waals surface area (Å²) in [7, 11) is -1.60. The van der Waals surface area contributed by atoms with Crippen LogP contribution in [0.15, 0.2) is 0 Å². The molecule has 1 nitrogen and oxygen atoms in total. The van der Waals surface area contributed by atoms with E-state index in [0.29, 0.717) is 11.1 Å². The molecule has 0 aromatic rings. The normalized spacial score (nSPS) is 14.3. The molecule has 0 aliphatic carbocycles. The summed E-state index contributed by atoms with van der Waals surface area (Å²) < 4.78 is 6.64. The third kappa shape index (κ3) is 10.0. The lowest BCUT2D eigenvalue weighted by Gasteiger charge is -2.39. The Kier molecular flexibility index (Phi) is 11.8. The van der Waals surface area contributed by atoms with E-state index >= 15 is 0 Å². The smallest absolute Gasteiger partial charge is 0.192 e. The average Bonchev–Trinajstić information content (AvgIpc) is 2.40. The molecule has 0 aliphatic rings. The van der Waals surface area contributed by atoms with E-state index in [4.69, 9.17) is 4.43 Å². The number of hydrogen-bond donors (Lipinski definition) is 0. The molecule has 0 rings (SSSR count). The lowest BCUT2D eigenvalue weighted by molar-refractivity contribution is 0.156. The molecule has 0 bridgehead atoms. The Morgan fingerprint density at radius 2 is 1.23 bits per heavy atom. The van der Waals surface area contributed by atoms with Crippen LogP contribution in [0.1, 0.15) is 105 Å². The average molecular weight is 329 g/mol. The van der Waals surface area contributed by atoms with Crippen molar-refractivity contribution in [1.82, 2.24) is 0 Å². The van der Waals surface area contributed by atoms with Crippen LogP contribution in [-0.4, -0.2) is 14.4 Å². The van der Waals surface area contributed by atoms with Crippen molar-refractivity contribution in [2.75, 3.05) is 0 Å². The predicted molar refractivity (Wildman–Crippen MR) is 104 cm³/mol. The zero-order valence-electron chi connectivity index (χ0n) is 16.8. The molecule has 1 unspecified atom stereocenters. The van der Waals surface area contributed by atoms with Crippen molar-refractivity contribution in [3.63, 3.8) is 0 Å². The summed E-state index contributed by atoms with van der Waals surface area (Å²) >= 11 is 0. The third-order valence-corrected chi connectivity index (χ3v) is 9.79. The zero-order valence-corrected chi connectivity index (χ0v) is 17.8. The highest BCUT2D eigenvalue weighted by atomic mass is 28.4. The van der Waals surface area contributed by atoms with E-state index in [1.165, 1.54) is 70.6 Å². The van der Waals surface area contributed by atoms with Gasteiger partial charge >= 0.3 is 0 Å². The van der Waals surface area contributed by atoms with Crippen molar-refractivity contribution in [2.45, 2.75) is 129 Å². The molecule has 2 heteroatoms. The van der Waals surface area contributed by atoms with Crippen molar-refractivity contribution >= 4 is 8.32 Å². The minimum atomic E-state index is -1.60. The van der Waals surface area contributed by atoms with Crippen LogP contribution in [0.25, 0.3) is 0 Å². The molecule has 0 aliphatic heterocycles. The van der Waals surface area contributed by atoms with Crippen LogP contribution in [0.4, 0.5) is 0 Å². The van der Waals surface area contributed by atoms with Gasteiger partial charge < -0.3 is 4.43 Å². The standard InChI is InChI=1S/C20H44OSi/c1-8-10-11-12-13-14-15-16-18-19(17-9-2)21-22(6,7)20(3,4)5/h19H,8-18H2,1-7H3. The van der Waals surface area contributed by atoms with Crippen LogP contribution in [0.3, 0.4) is 0 Å². The Bertz CT molecular complexity index is 255. The summed E-state index contributed by atoms with van der Waals surface area (Å²) in [5.41, 5.74) is 0. The molecule has 0 aromatic carbocycles. The SMILES string of the molecule is CCCCCCCCCCC(CCC)O[Si](C)(C)C(C)(C)C. The summed E-state index contributed by atoms with van der Waals surface area (Å²) in [5, 5.41) is 0.332. The molecule has 1 atom stereocenters.